The van der Waals surface area contributed by atoms with Crippen molar-refractivity contribution < 1.29 is 9.18 Å². The minimum Gasteiger partial charge on any atom is -0.292 e. The standard InChI is InChI=1S/C16H13FN2O2S/c1-2-12-7-13-15(22-12)18-9-19(16(13)21)8-14(20)10-3-5-11(17)6-4-10/h3-7,9H,2,8H2,1H3. The molecule has 0 radical (unpaired) electrons. The van der Waals surface area contributed by atoms with Gasteiger partial charge in [0.25, 0.3) is 5.56 Å². The average molecular weight is 316 g/mol. The summed E-state index contributed by atoms with van der Waals surface area (Å²) in [5.41, 5.74) is 0.143. The Morgan fingerprint density at radius 1 is 1.32 bits per heavy atom. The summed E-state index contributed by atoms with van der Waals surface area (Å²) >= 11 is 1.49. The smallest absolute Gasteiger partial charge is 0.262 e. The van der Waals surface area contributed by atoms with Crippen molar-refractivity contribution in [3.63, 3.8) is 0 Å². The predicted molar refractivity (Wildman–Crippen MR) is 84.0 cm³/mol. The molecule has 3 rings (SSSR count). The van der Waals surface area contributed by atoms with Crippen LogP contribution in [-0.4, -0.2) is 15.3 Å². The SMILES string of the molecule is CCc1cc2c(=O)n(CC(=O)c3ccc(F)cc3)cnc2s1. The van der Waals surface area contributed by atoms with E-state index >= 15 is 0 Å². The van der Waals surface area contributed by atoms with Gasteiger partial charge < -0.3 is 0 Å². The molecule has 22 heavy (non-hydrogen) atoms. The number of halogens is 1. The fraction of sp³-hybridized carbons (Fsp3) is 0.188. The van der Waals surface area contributed by atoms with Gasteiger partial charge >= 0.3 is 0 Å². The zero-order valence-corrected chi connectivity index (χ0v) is 12.7. The van der Waals surface area contributed by atoms with Crippen molar-refractivity contribution in [1.82, 2.24) is 9.55 Å². The molecule has 4 nitrogen and oxygen atoms in total. The molecule has 6 heteroatoms. The van der Waals surface area contributed by atoms with Crippen LogP contribution in [0.2, 0.25) is 0 Å². The van der Waals surface area contributed by atoms with E-state index in [2.05, 4.69) is 4.98 Å². The van der Waals surface area contributed by atoms with Gasteiger partial charge in [-0.2, -0.15) is 0 Å². The van der Waals surface area contributed by atoms with Crippen LogP contribution in [0.1, 0.15) is 22.2 Å². The molecular formula is C16H13FN2O2S. The molecule has 0 atom stereocenters. The third-order valence-electron chi connectivity index (χ3n) is 3.40. The van der Waals surface area contributed by atoms with Gasteiger partial charge in [0.1, 0.15) is 10.6 Å². The molecule has 0 fully saturated rings. The lowest BCUT2D eigenvalue weighted by molar-refractivity contribution is 0.0970. The summed E-state index contributed by atoms with van der Waals surface area (Å²) in [7, 11) is 0. The number of Topliss-reactive ketones (excluding diaryl/α,β-unsaturated/α-hetero) is 1. The lowest BCUT2D eigenvalue weighted by Crippen LogP contribution is -2.24. The van der Waals surface area contributed by atoms with Crippen LogP contribution in [0.4, 0.5) is 4.39 Å². The number of ketones is 1. The molecule has 0 saturated heterocycles. The fourth-order valence-electron chi connectivity index (χ4n) is 2.18. The van der Waals surface area contributed by atoms with E-state index in [0.717, 1.165) is 11.3 Å². The van der Waals surface area contributed by atoms with E-state index in [9.17, 15) is 14.0 Å². The highest BCUT2D eigenvalue weighted by Gasteiger charge is 2.12. The summed E-state index contributed by atoms with van der Waals surface area (Å²) in [5.74, 6) is -0.656. The number of aryl methyl sites for hydroxylation is 1. The molecule has 0 spiro atoms. The maximum Gasteiger partial charge on any atom is 0.262 e. The van der Waals surface area contributed by atoms with Crippen LogP contribution in [0.5, 0.6) is 0 Å². The summed E-state index contributed by atoms with van der Waals surface area (Å²) in [6.07, 6.45) is 2.23. The fourth-order valence-corrected chi connectivity index (χ4v) is 3.10. The van der Waals surface area contributed by atoms with E-state index in [1.54, 1.807) is 0 Å². The van der Waals surface area contributed by atoms with Crippen LogP contribution >= 0.6 is 11.3 Å². The van der Waals surface area contributed by atoms with Crippen molar-refractivity contribution in [3.05, 3.63) is 63.3 Å². The number of fused-ring (bicyclic) bond motifs is 1. The molecule has 1 aromatic carbocycles. The molecule has 2 aromatic heterocycles. The third-order valence-corrected chi connectivity index (χ3v) is 4.59. The van der Waals surface area contributed by atoms with Gasteiger partial charge in [-0.25, -0.2) is 9.37 Å². The minimum atomic E-state index is -0.401. The molecule has 2 heterocycles. The molecule has 0 saturated carbocycles. The van der Waals surface area contributed by atoms with Gasteiger partial charge in [-0.15, -0.1) is 11.3 Å². The first-order valence-electron chi connectivity index (χ1n) is 6.85. The minimum absolute atomic E-state index is 0.106. The normalized spacial score (nSPS) is 11.0. The number of thiophene rings is 1. The van der Waals surface area contributed by atoms with E-state index < -0.39 is 5.82 Å². The Balaban J connectivity index is 1.93. The second-order valence-electron chi connectivity index (χ2n) is 4.89. The Hall–Kier alpha value is -2.34. The van der Waals surface area contributed by atoms with Gasteiger partial charge in [-0.3, -0.25) is 14.2 Å². The Morgan fingerprint density at radius 2 is 2.05 bits per heavy atom. The van der Waals surface area contributed by atoms with Crippen LogP contribution in [-0.2, 0) is 13.0 Å². The maximum atomic E-state index is 12.9. The van der Waals surface area contributed by atoms with E-state index in [-0.39, 0.29) is 17.9 Å². The van der Waals surface area contributed by atoms with Crippen LogP contribution in [0.15, 0.2) is 41.5 Å². The van der Waals surface area contributed by atoms with E-state index in [0.29, 0.717) is 15.8 Å². The molecule has 0 unspecified atom stereocenters. The second-order valence-corrected chi connectivity index (χ2v) is 6.01. The Labute approximate surface area is 129 Å². The summed E-state index contributed by atoms with van der Waals surface area (Å²) in [6.45, 7) is 1.91. The van der Waals surface area contributed by atoms with Crippen LogP contribution < -0.4 is 5.56 Å². The van der Waals surface area contributed by atoms with Crippen molar-refractivity contribution >= 4 is 27.3 Å². The lowest BCUT2D eigenvalue weighted by Gasteiger charge is -2.04. The van der Waals surface area contributed by atoms with Crippen molar-refractivity contribution in [3.8, 4) is 0 Å². The summed E-state index contributed by atoms with van der Waals surface area (Å²) in [4.78, 5) is 30.6. The van der Waals surface area contributed by atoms with Crippen LogP contribution in [0, 0.1) is 5.82 Å². The second kappa shape index (κ2) is 5.81. The highest BCUT2D eigenvalue weighted by molar-refractivity contribution is 7.18. The van der Waals surface area contributed by atoms with Crippen molar-refractivity contribution in [2.45, 2.75) is 19.9 Å². The molecule has 0 aliphatic rings. The first kappa shape index (κ1) is 14.6. The van der Waals surface area contributed by atoms with Gasteiger partial charge in [0, 0.05) is 10.4 Å². The number of hydrogen-bond acceptors (Lipinski definition) is 4. The Morgan fingerprint density at radius 3 is 2.73 bits per heavy atom. The van der Waals surface area contributed by atoms with Gasteiger partial charge in [0.05, 0.1) is 18.3 Å². The summed E-state index contributed by atoms with van der Waals surface area (Å²) in [5, 5.41) is 0.538. The van der Waals surface area contributed by atoms with Crippen molar-refractivity contribution in [2.24, 2.45) is 0 Å². The largest absolute Gasteiger partial charge is 0.292 e. The first-order chi connectivity index (χ1) is 10.6. The molecule has 0 aliphatic carbocycles. The zero-order chi connectivity index (χ0) is 15.7. The topological polar surface area (TPSA) is 52.0 Å². The average Bonchev–Trinajstić information content (AvgIpc) is 2.95. The summed E-state index contributed by atoms with van der Waals surface area (Å²) < 4.78 is 14.2. The molecule has 0 aliphatic heterocycles. The number of nitrogens with zero attached hydrogens (tertiary/aromatic N) is 2. The van der Waals surface area contributed by atoms with Crippen molar-refractivity contribution in [2.75, 3.05) is 0 Å². The number of rotatable bonds is 4. The monoisotopic (exact) mass is 316 g/mol. The van der Waals surface area contributed by atoms with E-state index in [1.807, 2.05) is 13.0 Å². The summed E-state index contributed by atoms with van der Waals surface area (Å²) in [6, 6.07) is 7.10. The maximum absolute atomic E-state index is 12.9. The quantitative estimate of drug-likeness (QED) is 0.695. The molecule has 0 N–H and O–H groups in total. The predicted octanol–water partition coefficient (Wildman–Crippen LogP) is 3.04. The molecular weight excluding hydrogens is 303 g/mol. The van der Waals surface area contributed by atoms with Crippen LogP contribution in [0.25, 0.3) is 10.2 Å². The molecule has 112 valence electrons. The van der Waals surface area contributed by atoms with Gasteiger partial charge in [-0.1, -0.05) is 6.92 Å². The third kappa shape index (κ3) is 2.69. The number of carbonyl (C=O) groups excluding carboxylic acids is 1. The highest BCUT2D eigenvalue weighted by Crippen LogP contribution is 2.21. The van der Waals surface area contributed by atoms with Gasteiger partial charge in [-0.05, 0) is 36.8 Å². The van der Waals surface area contributed by atoms with Crippen LogP contribution in [0.3, 0.4) is 0 Å². The Kier molecular flexibility index (Phi) is 3.85. The highest BCUT2D eigenvalue weighted by atomic mass is 32.1. The number of carbonyl (C=O) groups is 1. The molecule has 0 amide bonds. The lowest BCUT2D eigenvalue weighted by atomic mass is 10.1. The number of hydrogen-bond donors (Lipinski definition) is 0. The van der Waals surface area contributed by atoms with E-state index in [1.165, 1.54) is 46.5 Å². The number of benzene rings is 1. The Bertz CT molecular complexity index is 897. The zero-order valence-electron chi connectivity index (χ0n) is 11.9. The van der Waals surface area contributed by atoms with Gasteiger partial charge in [0.15, 0.2) is 5.78 Å². The van der Waals surface area contributed by atoms with Crippen molar-refractivity contribution in [1.29, 1.82) is 0 Å². The van der Waals surface area contributed by atoms with E-state index in [4.69, 9.17) is 0 Å². The molecule has 0 bridgehead atoms. The molecule has 3 aromatic rings. The first-order valence-corrected chi connectivity index (χ1v) is 7.66. The van der Waals surface area contributed by atoms with Gasteiger partial charge in [0.2, 0.25) is 0 Å². The number of aromatic nitrogens is 2.